The van der Waals surface area contributed by atoms with Gasteiger partial charge in [-0.05, 0) is 90.8 Å². The van der Waals surface area contributed by atoms with Gasteiger partial charge in [0.05, 0.1) is 18.7 Å². The Labute approximate surface area is 152 Å². The maximum atomic E-state index is 14.2. The Balaban J connectivity index is 1.76. The molecule has 1 nitrogen and oxygen atoms in total. The van der Waals surface area contributed by atoms with Crippen LogP contribution in [0.4, 0.5) is 4.39 Å². The largest absolute Gasteiger partial charge is 0.501 e. The number of hydrogen-bond donors (Lipinski definition) is 0. The van der Waals surface area contributed by atoms with E-state index in [2.05, 4.69) is 32.9 Å². The highest BCUT2D eigenvalue weighted by atomic mass is 19.1. The standard InChI is InChI=1S/C23H33FO/c1-14-12-16-13-17(25-5)8-10-22(16,3)20-9-11-23(4)18(15(2)24)6-7-19(23)21(14)20/h12-14,19-21H,6-11H2,1-5H3/b18-15+. The van der Waals surface area contributed by atoms with Crippen molar-refractivity contribution in [3.05, 3.63) is 34.9 Å². The Morgan fingerprint density at radius 2 is 1.84 bits per heavy atom. The van der Waals surface area contributed by atoms with Crippen LogP contribution in [0.15, 0.2) is 34.9 Å². The predicted octanol–water partition coefficient (Wildman–Crippen LogP) is 6.58. The lowest BCUT2D eigenvalue weighted by molar-refractivity contribution is -0.0302. The predicted molar refractivity (Wildman–Crippen MR) is 101 cm³/mol. The number of rotatable bonds is 1. The molecule has 0 aliphatic heterocycles. The molecular formula is C23H33FO. The van der Waals surface area contributed by atoms with E-state index in [0.717, 1.165) is 36.5 Å². The molecule has 138 valence electrons. The lowest BCUT2D eigenvalue weighted by atomic mass is 9.46. The number of halogens is 1. The first kappa shape index (κ1) is 17.4. The van der Waals surface area contributed by atoms with Gasteiger partial charge in [-0.25, -0.2) is 4.39 Å². The number of ether oxygens (including phenoxy) is 1. The SMILES string of the molecule is COC1=CC2=CC(C)C3C(CCC4(C)/C(=C(\C)F)CCC34)C2(C)CC1. The number of hydrogen-bond acceptors (Lipinski definition) is 1. The average molecular weight is 345 g/mol. The Morgan fingerprint density at radius 1 is 1.12 bits per heavy atom. The van der Waals surface area contributed by atoms with E-state index in [9.17, 15) is 4.39 Å². The van der Waals surface area contributed by atoms with Crippen molar-refractivity contribution >= 4 is 0 Å². The van der Waals surface area contributed by atoms with E-state index in [0.29, 0.717) is 17.8 Å². The van der Waals surface area contributed by atoms with Crippen molar-refractivity contribution < 1.29 is 9.13 Å². The van der Waals surface area contributed by atoms with E-state index in [-0.39, 0.29) is 16.7 Å². The van der Waals surface area contributed by atoms with Crippen LogP contribution in [-0.2, 0) is 4.74 Å². The molecule has 0 amide bonds. The molecule has 2 heteroatoms. The topological polar surface area (TPSA) is 9.23 Å². The van der Waals surface area contributed by atoms with Gasteiger partial charge in [-0.1, -0.05) is 26.8 Å². The molecule has 0 heterocycles. The summed E-state index contributed by atoms with van der Waals surface area (Å²) in [5, 5.41) is 0. The van der Waals surface area contributed by atoms with Crippen molar-refractivity contribution in [3.63, 3.8) is 0 Å². The number of methoxy groups -OCH3 is 1. The smallest absolute Gasteiger partial charge is 0.0966 e. The van der Waals surface area contributed by atoms with Crippen LogP contribution in [0.25, 0.3) is 0 Å². The first-order chi connectivity index (χ1) is 11.8. The summed E-state index contributed by atoms with van der Waals surface area (Å²) in [5.74, 6) is 3.87. The molecule has 0 N–H and O–H groups in total. The minimum atomic E-state index is 0.0954. The number of allylic oxidation sites excluding steroid dienone is 6. The van der Waals surface area contributed by atoms with Crippen LogP contribution in [0, 0.1) is 34.5 Å². The Bertz CT molecular complexity index is 668. The summed E-state index contributed by atoms with van der Waals surface area (Å²) in [5.41, 5.74) is 3.01. The van der Waals surface area contributed by atoms with Crippen LogP contribution in [0.1, 0.15) is 66.2 Å². The molecule has 25 heavy (non-hydrogen) atoms. The highest BCUT2D eigenvalue weighted by Crippen LogP contribution is 2.67. The van der Waals surface area contributed by atoms with E-state index in [1.807, 2.05) is 0 Å². The fraction of sp³-hybridized carbons (Fsp3) is 0.739. The fourth-order valence-electron chi connectivity index (χ4n) is 7.18. The first-order valence-electron chi connectivity index (χ1n) is 10.1. The van der Waals surface area contributed by atoms with Gasteiger partial charge in [-0.15, -0.1) is 0 Å². The first-order valence-corrected chi connectivity index (χ1v) is 10.1. The monoisotopic (exact) mass is 344 g/mol. The van der Waals surface area contributed by atoms with Crippen molar-refractivity contribution in [2.24, 2.45) is 34.5 Å². The molecule has 0 aromatic heterocycles. The zero-order valence-corrected chi connectivity index (χ0v) is 16.5. The Morgan fingerprint density at radius 3 is 2.52 bits per heavy atom. The van der Waals surface area contributed by atoms with Crippen LogP contribution in [-0.4, -0.2) is 7.11 Å². The van der Waals surface area contributed by atoms with Gasteiger partial charge in [0.15, 0.2) is 0 Å². The maximum absolute atomic E-state index is 14.2. The molecule has 4 aliphatic rings. The normalized spacial score (nSPS) is 47.9. The zero-order chi connectivity index (χ0) is 18.0. The van der Waals surface area contributed by atoms with Crippen LogP contribution in [0.3, 0.4) is 0 Å². The van der Waals surface area contributed by atoms with Gasteiger partial charge >= 0.3 is 0 Å². The van der Waals surface area contributed by atoms with E-state index in [4.69, 9.17) is 4.74 Å². The molecule has 6 atom stereocenters. The molecule has 0 aromatic carbocycles. The summed E-state index contributed by atoms with van der Waals surface area (Å²) >= 11 is 0. The van der Waals surface area contributed by atoms with Gasteiger partial charge in [0.2, 0.25) is 0 Å². The summed E-state index contributed by atoms with van der Waals surface area (Å²) < 4.78 is 19.8. The molecule has 0 radical (unpaired) electrons. The third-order valence-corrected chi connectivity index (χ3v) is 8.53. The molecule has 2 fully saturated rings. The van der Waals surface area contributed by atoms with Gasteiger partial charge in [0, 0.05) is 6.42 Å². The van der Waals surface area contributed by atoms with Crippen molar-refractivity contribution in [1.29, 1.82) is 0 Å². The molecule has 0 spiro atoms. The van der Waals surface area contributed by atoms with Crippen LogP contribution in [0.5, 0.6) is 0 Å². The van der Waals surface area contributed by atoms with E-state index < -0.39 is 0 Å². The molecule has 4 aliphatic carbocycles. The minimum Gasteiger partial charge on any atom is -0.501 e. The third-order valence-electron chi connectivity index (χ3n) is 8.53. The van der Waals surface area contributed by atoms with E-state index in [1.165, 1.54) is 24.8 Å². The summed E-state index contributed by atoms with van der Waals surface area (Å²) in [6.07, 6.45) is 11.6. The highest BCUT2D eigenvalue weighted by molar-refractivity contribution is 5.38. The van der Waals surface area contributed by atoms with Gasteiger partial charge in [-0.3, -0.25) is 0 Å². The summed E-state index contributed by atoms with van der Waals surface area (Å²) in [4.78, 5) is 0. The van der Waals surface area contributed by atoms with E-state index >= 15 is 0 Å². The quantitative estimate of drug-likeness (QED) is 0.522. The van der Waals surface area contributed by atoms with Crippen LogP contribution in [0.2, 0.25) is 0 Å². The highest BCUT2D eigenvalue weighted by Gasteiger charge is 2.58. The lowest BCUT2D eigenvalue weighted by Gasteiger charge is -2.58. The van der Waals surface area contributed by atoms with Gasteiger partial charge in [0.1, 0.15) is 0 Å². The average Bonchev–Trinajstić information content (AvgIpc) is 2.92. The second-order valence-electron chi connectivity index (χ2n) is 9.51. The van der Waals surface area contributed by atoms with E-state index in [1.54, 1.807) is 14.0 Å². The fourth-order valence-corrected chi connectivity index (χ4v) is 7.18. The Hall–Kier alpha value is -1.05. The van der Waals surface area contributed by atoms with Crippen LogP contribution < -0.4 is 0 Å². The molecule has 2 saturated carbocycles. The lowest BCUT2D eigenvalue weighted by Crippen LogP contribution is -2.50. The van der Waals surface area contributed by atoms with Crippen LogP contribution >= 0.6 is 0 Å². The van der Waals surface area contributed by atoms with Gasteiger partial charge < -0.3 is 4.74 Å². The Kier molecular flexibility index (Phi) is 3.98. The van der Waals surface area contributed by atoms with Crippen molar-refractivity contribution in [2.45, 2.75) is 66.2 Å². The molecule has 4 rings (SSSR count). The second-order valence-corrected chi connectivity index (χ2v) is 9.51. The molecule has 0 bridgehead atoms. The molecule has 6 unspecified atom stereocenters. The summed E-state index contributed by atoms with van der Waals surface area (Å²) in [6, 6.07) is 0. The van der Waals surface area contributed by atoms with Gasteiger partial charge in [-0.2, -0.15) is 0 Å². The van der Waals surface area contributed by atoms with Gasteiger partial charge in [0.25, 0.3) is 0 Å². The van der Waals surface area contributed by atoms with Crippen molar-refractivity contribution in [1.82, 2.24) is 0 Å². The third kappa shape index (κ3) is 2.32. The maximum Gasteiger partial charge on any atom is 0.0966 e. The molecule has 0 aromatic rings. The molecular weight excluding hydrogens is 311 g/mol. The van der Waals surface area contributed by atoms with Crippen molar-refractivity contribution in [3.8, 4) is 0 Å². The second kappa shape index (κ2) is 5.72. The molecule has 0 saturated heterocycles. The van der Waals surface area contributed by atoms with Crippen molar-refractivity contribution in [2.75, 3.05) is 7.11 Å². The number of fused-ring (bicyclic) bond motifs is 5. The minimum absolute atomic E-state index is 0.0954. The summed E-state index contributed by atoms with van der Waals surface area (Å²) in [6.45, 7) is 8.92. The zero-order valence-electron chi connectivity index (χ0n) is 16.5. The summed E-state index contributed by atoms with van der Waals surface area (Å²) in [7, 11) is 1.79.